The average Bonchev–Trinajstić information content (AvgIpc) is 3.48. The minimum atomic E-state index is -0.921. The molecule has 0 fully saturated rings. The van der Waals surface area contributed by atoms with Gasteiger partial charge in [0, 0.05) is 23.9 Å². The predicted octanol–water partition coefficient (Wildman–Crippen LogP) is 6.10. The number of hydrogen-bond acceptors (Lipinski definition) is 3. The molecule has 1 heterocycles. The lowest BCUT2D eigenvalue weighted by Gasteiger charge is -2.11. The average molecular weight is 510 g/mol. The molecule has 1 aliphatic carbocycles. The van der Waals surface area contributed by atoms with E-state index in [2.05, 4.69) is 24.3 Å². The van der Waals surface area contributed by atoms with Crippen LogP contribution in [0, 0.1) is 5.92 Å². The van der Waals surface area contributed by atoms with Gasteiger partial charge in [0.2, 0.25) is 0 Å². The number of nitrogens with zero attached hydrogens (tertiary/aromatic N) is 1. The van der Waals surface area contributed by atoms with E-state index in [-0.39, 0.29) is 13.0 Å². The highest BCUT2D eigenvalue weighted by Crippen LogP contribution is 2.29. The number of aromatic nitrogens is 1. The molecule has 0 amide bonds. The Morgan fingerprint density at radius 2 is 1.63 bits per heavy atom. The fraction of sp³-hybridized carbons (Fsp3) is 0.250. The lowest BCUT2D eigenvalue weighted by molar-refractivity contribution is -0.138. The van der Waals surface area contributed by atoms with E-state index >= 15 is 0 Å². The molecule has 194 valence electrons. The molecule has 3 aromatic carbocycles. The zero-order valence-corrected chi connectivity index (χ0v) is 21.2. The number of fused-ring (bicyclic) bond motifs is 2. The van der Waals surface area contributed by atoms with Gasteiger partial charge in [-0.2, -0.15) is 0 Å². The van der Waals surface area contributed by atoms with Crippen LogP contribution in [-0.2, 0) is 35.4 Å². The van der Waals surface area contributed by atoms with Gasteiger partial charge in [-0.1, -0.05) is 66.7 Å². The monoisotopic (exact) mass is 509 g/mol. The fourth-order valence-corrected chi connectivity index (χ4v) is 5.34. The van der Waals surface area contributed by atoms with Crippen LogP contribution in [0.2, 0.25) is 0 Å². The van der Waals surface area contributed by atoms with Crippen LogP contribution in [0.15, 0.2) is 72.9 Å². The van der Waals surface area contributed by atoms with Gasteiger partial charge in [0.05, 0.1) is 12.1 Å². The fourth-order valence-electron chi connectivity index (χ4n) is 5.34. The lowest BCUT2D eigenvalue weighted by atomic mass is 10.0. The molecule has 1 aromatic heterocycles. The minimum absolute atomic E-state index is 0.0826. The summed E-state index contributed by atoms with van der Waals surface area (Å²) >= 11 is 0. The molecule has 4 aromatic rings. The molecular formula is C32H31NO5. The summed E-state index contributed by atoms with van der Waals surface area (Å²) in [5, 5.41) is 19.4. The zero-order chi connectivity index (χ0) is 26.5. The first kappa shape index (κ1) is 25.3. The van der Waals surface area contributed by atoms with Gasteiger partial charge in [-0.05, 0) is 65.6 Å². The second-order valence-electron chi connectivity index (χ2n) is 9.92. The second-order valence-corrected chi connectivity index (χ2v) is 9.92. The second kappa shape index (κ2) is 11.4. The molecule has 0 radical (unpaired) electrons. The van der Waals surface area contributed by atoms with Crippen molar-refractivity contribution in [3.8, 4) is 5.75 Å². The number of hydrogen-bond donors (Lipinski definition) is 2. The van der Waals surface area contributed by atoms with Crippen LogP contribution in [0.5, 0.6) is 5.75 Å². The standard InChI is InChI=1S/C32H31NO5/c34-30(35)10-4-8-27-19-33(20-31(36)37)32-24(7-3-9-29(27)32)14-11-22-12-15-28(16-13-22)38-21-23-17-25-5-1-2-6-26(25)18-23/h1-3,5-7,9,11-16,19,23H,4,8,10,17-18,20-21H2,(H,34,35)(H,36,37). The summed E-state index contributed by atoms with van der Waals surface area (Å²) in [6.07, 6.45) is 9.13. The van der Waals surface area contributed by atoms with Crippen LogP contribution in [-0.4, -0.2) is 33.3 Å². The first-order valence-electron chi connectivity index (χ1n) is 13.0. The van der Waals surface area contributed by atoms with Gasteiger partial charge in [0.25, 0.3) is 0 Å². The molecule has 1 aliphatic rings. The Balaban J connectivity index is 1.28. The van der Waals surface area contributed by atoms with Crippen molar-refractivity contribution in [1.29, 1.82) is 0 Å². The maximum atomic E-state index is 11.5. The molecule has 0 spiro atoms. The van der Waals surface area contributed by atoms with E-state index in [1.54, 1.807) is 4.57 Å². The number of ether oxygens (including phenoxy) is 1. The molecule has 0 atom stereocenters. The molecule has 2 N–H and O–H groups in total. The number of carboxylic acids is 2. The quantitative estimate of drug-likeness (QED) is 0.239. The number of para-hydroxylation sites is 1. The molecule has 5 rings (SSSR count). The van der Waals surface area contributed by atoms with Crippen LogP contribution < -0.4 is 4.74 Å². The van der Waals surface area contributed by atoms with Crippen molar-refractivity contribution in [2.75, 3.05) is 6.61 Å². The number of rotatable bonds is 11. The number of aliphatic carboxylic acids is 2. The van der Waals surface area contributed by atoms with Gasteiger partial charge in [0.15, 0.2) is 0 Å². The van der Waals surface area contributed by atoms with Gasteiger partial charge in [-0.25, -0.2) is 0 Å². The van der Waals surface area contributed by atoms with Crippen molar-refractivity contribution < 1.29 is 24.5 Å². The smallest absolute Gasteiger partial charge is 0.323 e. The molecule has 38 heavy (non-hydrogen) atoms. The van der Waals surface area contributed by atoms with Gasteiger partial charge >= 0.3 is 11.9 Å². The van der Waals surface area contributed by atoms with Gasteiger partial charge in [-0.15, -0.1) is 0 Å². The maximum absolute atomic E-state index is 11.5. The summed E-state index contributed by atoms with van der Waals surface area (Å²) in [6, 6.07) is 22.5. The van der Waals surface area contributed by atoms with E-state index < -0.39 is 11.9 Å². The van der Waals surface area contributed by atoms with Crippen LogP contribution >= 0.6 is 0 Å². The Labute approximate surface area is 221 Å². The molecular weight excluding hydrogens is 478 g/mol. The highest BCUT2D eigenvalue weighted by atomic mass is 16.5. The van der Waals surface area contributed by atoms with Crippen LogP contribution in [0.1, 0.15) is 40.7 Å². The minimum Gasteiger partial charge on any atom is -0.493 e. The van der Waals surface area contributed by atoms with Crippen molar-refractivity contribution in [2.24, 2.45) is 5.92 Å². The number of carboxylic acid groups (broad SMARTS) is 2. The molecule has 0 unspecified atom stereocenters. The summed E-state index contributed by atoms with van der Waals surface area (Å²) in [5.74, 6) is -0.400. The van der Waals surface area contributed by atoms with Gasteiger partial charge < -0.3 is 19.5 Å². The first-order valence-corrected chi connectivity index (χ1v) is 13.0. The van der Waals surface area contributed by atoms with E-state index in [0.29, 0.717) is 25.4 Å². The highest BCUT2D eigenvalue weighted by molar-refractivity contribution is 5.94. The van der Waals surface area contributed by atoms with E-state index in [9.17, 15) is 14.7 Å². The van der Waals surface area contributed by atoms with Crippen molar-refractivity contribution in [2.45, 2.75) is 38.6 Å². The van der Waals surface area contributed by atoms with Crippen LogP contribution in [0.3, 0.4) is 0 Å². The summed E-state index contributed by atoms with van der Waals surface area (Å²) in [4.78, 5) is 22.5. The Hall–Kier alpha value is -4.32. The topological polar surface area (TPSA) is 88.8 Å². The molecule has 0 aliphatic heterocycles. The zero-order valence-electron chi connectivity index (χ0n) is 21.2. The van der Waals surface area contributed by atoms with Crippen molar-refractivity contribution in [1.82, 2.24) is 4.57 Å². The van der Waals surface area contributed by atoms with E-state index in [4.69, 9.17) is 9.84 Å². The number of benzene rings is 3. The predicted molar refractivity (Wildman–Crippen MR) is 148 cm³/mol. The van der Waals surface area contributed by atoms with E-state index in [0.717, 1.165) is 46.2 Å². The largest absolute Gasteiger partial charge is 0.493 e. The lowest BCUT2D eigenvalue weighted by Crippen LogP contribution is -2.11. The Morgan fingerprint density at radius 1 is 0.895 bits per heavy atom. The van der Waals surface area contributed by atoms with Crippen molar-refractivity contribution in [3.63, 3.8) is 0 Å². The maximum Gasteiger partial charge on any atom is 0.323 e. The van der Waals surface area contributed by atoms with Crippen molar-refractivity contribution in [3.05, 3.63) is 101 Å². The van der Waals surface area contributed by atoms with E-state index in [1.807, 2.05) is 60.8 Å². The SMILES string of the molecule is O=C(O)CCCc1cn(CC(=O)O)c2c(C=Cc3ccc(OCC4Cc5ccccc5C4)cc3)cccc12. The summed E-state index contributed by atoms with van der Waals surface area (Å²) in [6.45, 7) is 0.541. The third-order valence-corrected chi connectivity index (χ3v) is 7.11. The molecule has 0 saturated heterocycles. The summed E-state index contributed by atoms with van der Waals surface area (Å²) in [5.41, 5.74) is 6.59. The van der Waals surface area contributed by atoms with Crippen LogP contribution in [0.25, 0.3) is 23.1 Å². The molecule has 6 nitrogen and oxygen atoms in total. The van der Waals surface area contributed by atoms with Gasteiger partial charge in [-0.3, -0.25) is 9.59 Å². The Kier molecular flexibility index (Phi) is 7.59. The highest BCUT2D eigenvalue weighted by Gasteiger charge is 2.21. The van der Waals surface area contributed by atoms with Crippen LogP contribution in [0.4, 0.5) is 0 Å². The number of carbonyl (C=O) groups is 2. The summed E-state index contributed by atoms with van der Waals surface area (Å²) < 4.78 is 7.82. The summed E-state index contributed by atoms with van der Waals surface area (Å²) in [7, 11) is 0. The first-order chi connectivity index (χ1) is 18.5. The van der Waals surface area contributed by atoms with Crippen molar-refractivity contribution >= 4 is 35.0 Å². The number of aryl methyl sites for hydroxylation is 1. The Morgan fingerprint density at radius 3 is 2.32 bits per heavy atom. The Bertz CT molecular complexity index is 1460. The third-order valence-electron chi connectivity index (χ3n) is 7.11. The third kappa shape index (κ3) is 5.97. The van der Waals surface area contributed by atoms with E-state index in [1.165, 1.54) is 11.1 Å². The van der Waals surface area contributed by atoms with Gasteiger partial charge in [0.1, 0.15) is 12.3 Å². The normalized spacial score (nSPS) is 13.3. The molecule has 6 heteroatoms. The molecule has 0 saturated carbocycles. The molecule has 0 bridgehead atoms.